The zero-order valence-corrected chi connectivity index (χ0v) is 18.1. The molecule has 29 heavy (non-hydrogen) atoms. The summed E-state index contributed by atoms with van der Waals surface area (Å²) < 4.78 is 6.44. The van der Waals surface area contributed by atoms with Crippen LogP contribution in [0.5, 0.6) is 5.75 Å². The number of thioether (sulfide) groups is 1. The fraction of sp³-hybridized carbons (Fsp3) is 0.211. The second kappa shape index (κ2) is 9.39. The van der Waals surface area contributed by atoms with E-state index in [9.17, 15) is 4.79 Å². The Hall–Kier alpha value is -2.42. The van der Waals surface area contributed by atoms with Crippen molar-refractivity contribution in [2.24, 2.45) is 0 Å². The van der Waals surface area contributed by atoms with Crippen molar-refractivity contribution in [1.29, 1.82) is 0 Å². The number of hydrogen-bond acceptors (Lipinski definition) is 6. The lowest BCUT2D eigenvalue weighted by molar-refractivity contribution is -0.120. The molecule has 0 saturated heterocycles. The number of ether oxygens (including phenoxy) is 1. The van der Waals surface area contributed by atoms with Gasteiger partial charge in [0.1, 0.15) is 5.75 Å². The molecule has 0 saturated carbocycles. The maximum Gasteiger partial charge on any atom is 0.233 e. The minimum absolute atomic E-state index is 0.139. The van der Waals surface area contributed by atoms with Crippen molar-refractivity contribution in [1.82, 2.24) is 20.2 Å². The number of carbonyl (C=O) groups is 1. The number of nitrogens with one attached hydrogen (secondary N) is 1. The van der Waals surface area contributed by atoms with Gasteiger partial charge in [0.25, 0.3) is 0 Å². The zero-order valence-electron chi connectivity index (χ0n) is 15.7. The molecule has 7 nitrogen and oxygen atoms in total. The van der Waals surface area contributed by atoms with E-state index in [4.69, 9.17) is 33.8 Å². The maximum atomic E-state index is 12.4. The molecule has 1 aromatic heterocycles. The largest absolute Gasteiger partial charge is 0.497 e. The first kappa shape index (κ1) is 21.3. The molecule has 2 aromatic carbocycles. The van der Waals surface area contributed by atoms with Gasteiger partial charge in [0.15, 0.2) is 5.82 Å². The molecule has 152 valence electrons. The molecule has 3 aromatic rings. The average molecular weight is 452 g/mol. The molecule has 0 bridgehead atoms. The van der Waals surface area contributed by atoms with Crippen LogP contribution in [0.4, 0.5) is 0 Å². The van der Waals surface area contributed by atoms with Crippen LogP contribution in [-0.2, 0) is 11.3 Å². The van der Waals surface area contributed by atoms with E-state index in [2.05, 4.69) is 15.5 Å². The smallest absolute Gasteiger partial charge is 0.233 e. The number of aromatic nitrogens is 3. The third-order valence-electron chi connectivity index (χ3n) is 4.11. The van der Waals surface area contributed by atoms with Crippen LogP contribution in [0.3, 0.4) is 0 Å². The summed E-state index contributed by atoms with van der Waals surface area (Å²) in [6.45, 7) is 2.19. The molecule has 1 heterocycles. The minimum Gasteiger partial charge on any atom is -0.497 e. The number of nitrogens with zero attached hydrogens (tertiary/aromatic N) is 3. The highest BCUT2D eigenvalue weighted by molar-refractivity contribution is 8.00. The molecule has 0 spiro atoms. The van der Waals surface area contributed by atoms with Crippen molar-refractivity contribution in [3.63, 3.8) is 0 Å². The summed E-state index contributed by atoms with van der Waals surface area (Å²) in [5.74, 6) is 7.14. The van der Waals surface area contributed by atoms with Gasteiger partial charge in [-0.2, -0.15) is 0 Å². The van der Waals surface area contributed by atoms with Crippen molar-refractivity contribution >= 4 is 40.9 Å². The Labute approximate surface area is 182 Å². The van der Waals surface area contributed by atoms with E-state index in [0.717, 1.165) is 11.3 Å². The Kier molecular flexibility index (Phi) is 6.89. The van der Waals surface area contributed by atoms with Crippen LogP contribution in [-0.4, -0.2) is 33.1 Å². The van der Waals surface area contributed by atoms with Crippen molar-refractivity contribution in [2.75, 3.05) is 13.0 Å². The first-order valence-electron chi connectivity index (χ1n) is 8.62. The molecule has 0 aliphatic carbocycles. The third-order valence-corrected chi connectivity index (χ3v) is 5.72. The van der Waals surface area contributed by atoms with Crippen LogP contribution in [0.25, 0.3) is 11.4 Å². The van der Waals surface area contributed by atoms with Crippen LogP contribution in [0.2, 0.25) is 10.0 Å². The Morgan fingerprint density at radius 1 is 1.24 bits per heavy atom. The number of nitrogen functional groups attached to an aromatic ring is 1. The Balaban J connectivity index is 1.63. The van der Waals surface area contributed by atoms with Crippen molar-refractivity contribution < 1.29 is 9.53 Å². The van der Waals surface area contributed by atoms with Gasteiger partial charge in [-0.1, -0.05) is 47.1 Å². The highest BCUT2D eigenvalue weighted by Crippen LogP contribution is 2.31. The fourth-order valence-corrected chi connectivity index (χ4v) is 3.79. The van der Waals surface area contributed by atoms with Crippen LogP contribution in [0.15, 0.2) is 47.6 Å². The molecule has 0 aliphatic heterocycles. The molecule has 3 rings (SSSR count). The number of nitrogens with two attached hydrogens (primary N) is 1. The quantitative estimate of drug-likeness (QED) is 0.419. The summed E-state index contributed by atoms with van der Waals surface area (Å²) in [7, 11) is 1.61. The topological polar surface area (TPSA) is 95.1 Å². The first-order valence-corrected chi connectivity index (χ1v) is 10.3. The number of hydrogen-bond donors (Lipinski definition) is 2. The van der Waals surface area contributed by atoms with Crippen molar-refractivity contribution in [2.45, 2.75) is 23.9 Å². The van der Waals surface area contributed by atoms with Gasteiger partial charge < -0.3 is 15.9 Å². The Morgan fingerprint density at radius 3 is 2.62 bits per heavy atom. The molecule has 1 amide bonds. The summed E-state index contributed by atoms with van der Waals surface area (Å²) in [6.07, 6.45) is 0. The minimum atomic E-state index is -0.423. The number of methoxy groups -OCH3 is 1. The SMILES string of the molecule is COc1ccc(CNC(=O)C(C)Sc2nnc(-c3ccc(Cl)cc3Cl)n2N)cc1. The standard InChI is InChI=1S/C19H19Cl2N5O2S/c1-11(18(27)23-10-12-3-6-14(28-2)7-4-12)29-19-25-24-17(26(19)22)15-8-5-13(20)9-16(15)21/h3-9,11H,10,22H2,1-2H3,(H,23,27). The van der Waals surface area contributed by atoms with Crippen LogP contribution in [0.1, 0.15) is 12.5 Å². The highest BCUT2D eigenvalue weighted by Gasteiger charge is 2.20. The van der Waals surface area contributed by atoms with Gasteiger partial charge in [0.2, 0.25) is 11.1 Å². The van der Waals surface area contributed by atoms with E-state index in [1.807, 2.05) is 24.3 Å². The number of benzene rings is 2. The summed E-state index contributed by atoms with van der Waals surface area (Å²) >= 11 is 13.4. The molecule has 3 N–H and O–H groups in total. The van der Waals surface area contributed by atoms with E-state index in [1.54, 1.807) is 32.2 Å². The van der Waals surface area contributed by atoms with E-state index < -0.39 is 5.25 Å². The van der Waals surface area contributed by atoms with Gasteiger partial charge in [0, 0.05) is 17.1 Å². The summed E-state index contributed by atoms with van der Waals surface area (Å²) in [6, 6.07) is 12.5. The fourth-order valence-electron chi connectivity index (χ4n) is 2.50. The first-order chi connectivity index (χ1) is 13.9. The maximum absolute atomic E-state index is 12.4. The van der Waals surface area contributed by atoms with Crippen molar-refractivity contribution in [3.8, 4) is 17.1 Å². The third kappa shape index (κ3) is 5.14. The van der Waals surface area contributed by atoms with Gasteiger partial charge in [0.05, 0.1) is 17.4 Å². The molecular formula is C19H19Cl2N5O2S. The molecule has 0 fully saturated rings. The molecule has 1 atom stereocenters. The molecule has 0 radical (unpaired) electrons. The lowest BCUT2D eigenvalue weighted by Crippen LogP contribution is -2.30. The van der Waals surface area contributed by atoms with Crippen LogP contribution in [0, 0.1) is 0 Å². The van der Waals surface area contributed by atoms with E-state index in [0.29, 0.717) is 33.1 Å². The number of carbonyl (C=O) groups excluding carboxylic acids is 1. The van der Waals surface area contributed by atoms with Gasteiger partial charge in [-0.25, -0.2) is 4.68 Å². The van der Waals surface area contributed by atoms with Gasteiger partial charge in [-0.15, -0.1) is 10.2 Å². The predicted molar refractivity (Wildman–Crippen MR) is 116 cm³/mol. The Morgan fingerprint density at radius 2 is 1.97 bits per heavy atom. The van der Waals surface area contributed by atoms with Gasteiger partial charge in [-0.05, 0) is 42.8 Å². The highest BCUT2D eigenvalue weighted by atomic mass is 35.5. The molecular weight excluding hydrogens is 433 g/mol. The predicted octanol–water partition coefficient (Wildman–Crippen LogP) is 3.77. The molecule has 10 heteroatoms. The molecule has 0 aliphatic rings. The Bertz CT molecular complexity index is 1010. The van der Waals surface area contributed by atoms with Gasteiger partial charge in [-0.3, -0.25) is 4.79 Å². The van der Waals surface area contributed by atoms with Crippen LogP contribution >= 0.6 is 35.0 Å². The van der Waals surface area contributed by atoms with Crippen LogP contribution < -0.4 is 15.9 Å². The second-order valence-corrected chi connectivity index (χ2v) is 8.28. The second-order valence-electron chi connectivity index (χ2n) is 6.13. The van der Waals surface area contributed by atoms with E-state index >= 15 is 0 Å². The normalized spacial score (nSPS) is 11.9. The summed E-state index contributed by atoms with van der Waals surface area (Å²) in [4.78, 5) is 12.4. The van der Waals surface area contributed by atoms with E-state index in [1.165, 1.54) is 16.4 Å². The summed E-state index contributed by atoms with van der Waals surface area (Å²) in [5, 5.41) is 12.0. The van der Waals surface area contributed by atoms with Crippen molar-refractivity contribution in [3.05, 3.63) is 58.1 Å². The lowest BCUT2D eigenvalue weighted by Gasteiger charge is -2.12. The summed E-state index contributed by atoms with van der Waals surface area (Å²) in [5.41, 5.74) is 1.58. The number of amides is 1. The van der Waals surface area contributed by atoms with E-state index in [-0.39, 0.29) is 5.91 Å². The number of rotatable bonds is 7. The molecule has 1 unspecified atom stereocenters. The lowest BCUT2D eigenvalue weighted by atomic mass is 10.2. The average Bonchev–Trinajstić information content (AvgIpc) is 3.06. The van der Waals surface area contributed by atoms with Gasteiger partial charge >= 0.3 is 0 Å². The zero-order chi connectivity index (χ0) is 21.0. The number of halogens is 2. The monoisotopic (exact) mass is 451 g/mol.